The summed E-state index contributed by atoms with van der Waals surface area (Å²) in [6.45, 7) is 5.48. The molecule has 0 aliphatic heterocycles. The monoisotopic (exact) mass is 386 g/mol. The summed E-state index contributed by atoms with van der Waals surface area (Å²) in [6.07, 6.45) is -0.937. The van der Waals surface area contributed by atoms with E-state index in [2.05, 4.69) is 5.32 Å². The van der Waals surface area contributed by atoms with Gasteiger partial charge in [0, 0.05) is 16.1 Å². The fraction of sp³-hybridized carbons (Fsp3) is 0.250. The van der Waals surface area contributed by atoms with E-state index in [1.165, 1.54) is 30.8 Å². The lowest BCUT2D eigenvalue weighted by Crippen LogP contribution is -2.30. The number of nitrogens with two attached hydrogens (primary N) is 1. The Bertz CT molecular complexity index is 850. The third-order valence-corrected chi connectivity index (χ3v) is 4.93. The molecule has 0 aliphatic carbocycles. The van der Waals surface area contributed by atoms with Crippen molar-refractivity contribution >= 4 is 35.2 Å². The Hall–Kier alpha value is -2.80. The summed E-state index contributed by atoms with van der Waals surface area (Å²) in [5.41, 5.74) is 8.20. The summed E-state index contributed by atoms with van der Waals surface area (Å²) >= 11 is 1.38. The first-order valence-electron chi connectivity index (χ1n) is 8.36. The molecule has 27 heavy (non-hydrogen) atoms. The number of thioether (sulfide) groups is 1. The molecule has 0 heterocycles. The van der Waals surface area contributed by atoms with E-state index >= 15 is 0 Å². The topological polar surface area (TPSA) is 98.5 Å². The fourth-order valence-corrected chi connectivity index (χ4v) is 3.15. The molecule has 6 nitrogen and oxygen atoms in total. The van der Waals surface area contributed by atoms with Crippen molar-refractivity contribution in [3.63, 3.8) is 0 Å². The molecule has 0 bridgehead atoms. The highest BCUT2D eigenvalue weighted by Gasteiger charge is 2.18. The lowest BCUT2D eigenvalue weighted by atomic mass is 10.2. The maximum atomic E-state index is 12.2. The third kappa shape index (κ3) is 6.14. The third-order valence-electron chi connectivity index (χ3n) is 3.80. The first kappa shape index (κ1) is 20.5. The van der Waals surface area contributed by atoms with Crippen LogP contribution >= 0.6 is 11.8 Å². The number of nitrogens with one attached hydrogen (secondary N) is 1. The average Bonchev–Trinajstić information content (AvgIpc) is 2.62. The van der Waals surface area contributed by atoms with E-state index in [4.69, 9.17) is 10.5 Å². The molecule has 1 atom stereocenters. The number of benzene rings is 2. The number of carbonyl (C=O) groups is 3. The number of hydrogen-bond donors (Lipinski definition) is 2. The number of carbonyl (C=O) groups excluding carboxylic acids is 3. The van der Waals surface area contributed by atoms with Gasteiger partial charge in [-0.3, -0.25) is 14.4 Å². The molecule has 2 aromatic carbocycles. The Labute approximate surface area is 162 Å². The SMILES string of the molecule is Cc1ccc(C)c(SCC(=O)O[C@@H](C)C(=O)Nc2ccc(C(N)=O)cc2)c1. The smallest absolute Gasteiger partial charge is 0.317 e. The summed E-state index contributed by atoms with van der Waals surface area (Å²) in [7, 11) is 0. The fourth-order valence-electron chi connectivity index (χ4n) is 2.25. The van der Waals surface area contributed by atoms with Crippen LogP contribution in [0.2, 0.25) is 0 Å². The standard InChI is InChI=1S/C20H22N2O4S/c1-12-4-5-13(2)17(10-12)27-11-18(23)26-14(3)20(25)22-16-8-6-15(7-9-16)19(21)24/h4-10,14H,11H2,1-3H3,(H2,21,24)(H,22,25)/t14-/m0/s1. The highest BCUT2D eigenvalue weighted by molar-refractivity contribution is 8.00. The second-order valence-electron chi connectivity index (χ2n) is 6.12. The molecule has 0 fully saturated rings. The van der Waals surface area contributed by atoms with E-state index in [1.54, 1.807) is 12.1 Å². The van der Waals surface area contributed by atoms with Crippen LogP contribution in [0.25, 0.3) is 0 Å². The summed E-state index contributed by atoms with van der Waals surface area (Å²) in [5, 5.41) is 2.63. The Morgan fingerprint density at radius 1 is 1.11 bits per heavy atom. The second kappa shape index (κ2) is 9.23. The van der Waals surface area contributed by atoms with Crippen molar-refractivity contribution in [1.82, 2.24) is 0 Å². The van der Waals surface area contributed by atoms with Crippen LogP contribution < -0.4 is 11.1 Å². The molecule has 0 aromatic heterocycles. The van der Waals surface area contributed by atoms with Crippen LogP contribution in [0.1, 0.15) is 28.4 Å². The Balaban J connectivity index is 1.85. The first-order valence-corrected chi connectivity index (χ1v) is 9.35. The van der Waals surface area contributed by atoms with Gasteiger partial charge in [-0.2, -0.15) is 0 Å². The zero-order chi connectivity index (χ0) is 20.0. The van der Waals surface area contributed by atoms with E-state index in [9.17, 15) is 14.4 Å². The van der Waals surface area contributed by atoms with Gasteiger partial charge in [-0.25, -0.2) is 0 Å². The number of esters is 1. The lowest BCUT2D eigenvalue weighted by Gasteiger charge is -2.14. The number of ether oxygens (including phenoxy) is 1. The number of aryl methyl sites for hydroxylation is 2. The molecule has 0 saturated heterocycles. The largest absolute Gasteiger partial charge is 0.452 e. The van der Waals surface area contributed by atoms with Crippen LogP contribution in [0.4, 0.5) is 5.69 Å². The normalized spacial score (nSPS) is 11.5. The van der Waals surface area contributed by atoms with Gasteiger partial charge in [-0.1, -0.05) is 17.7 Å². The number of anilines is 1. The summed E-state index contributed by atoms with van der Waals surface area (Å²) in [4.78, 5) is 36.2. The van der Waals surface area contributed by atoms with E-state index in [1.807, 2.05) is 32.0 Å². The lowest BCUT2D eigenvalue weighted by molar-refractivity contribution is -0.150. The van der Waals surface area contributed by atoms with Crippen LogP contribution in [0.3, 0.4) is 0 Å². The number of hydrogen-bond acceptors (Lipinski definition) is 5. The van der Waals surface area contributed by atoms with Crippen LogP contribution in [0, 0.1) is 13.8 Å². The predicted octanol–water partition coefficient (Wildman–Crippen LogP) is 3.06. The minimum absolute atomic E-state index is 0.120. The zero-order valence-corrected chi connectivity index (χ0v) is 16.3. The van der Waals surface area contributed by atoms with Crippen LogP contribution in [-0.2, 0) is 14.3 Å². The van der Waals surface area contributed by atoms with Crippen molar-refractivity contribution in [1.29, 1.82) is 0 Å². The molecule has 7 heteroatoms. The highest BCUT2D eigenvalue weighted by atomic mass is 32.2. The van der Waals surface area contributed by atoms with E-state index < -0.39 is 23.9 Å². The Kier molecular flexibility index (Phi) is 7.01. The molecule has 2 amide bonds. The second-order valence-corrected chi connectivity index (χ2v) is 7.14. The summed E-state index contributed by atoms with van der Waals surface area (Å²) < 4.78 is 5.19. The molecule has 0 spiro atoms. The van der Waals surface area contributed by atoms with E-state index in [-0.39, 0.29) is 5.75 Å². The van der Waals surface area contributed by atoms with Crippen molar-refractivity contribution in [2.45, 2.75) is 31.8 Å². The first-order chi connectivity index (χ1) is 12.8. The van der Waals surface area contributed by atoms with Gasteiger partial charge in [0.1, 0.15) is 0 Å². The number of primary amides is 1. The molecule has 3 N–H and O–H groups in total. The van der Waals surface area contributed by atoms with Crippen LogP contribution in [0.5, 0.6) is 0 Å². The molecule has 0 aliphatic rings. The van der Waals surface area contributed by atoms with Crippen molar-refractivity contribution in [3.8, 4) is 0 Å². The quantitative estimate of drug-likeness (QED) is 0.563. The van der Waals surface area contributed by atoms with Gasteiger partial charge in [-0.05, 0) is 56.7 Å². The van der Waals surface area contributed by atoms with Crippen LogP contribution in [-0.4, -0.2) is 29.6 Å². The molecule has 2 rings (SSSR count). The maximum absolute atomic E-state index is 12.2. The molecule has 0 unspecified atom stereocenters. The van der Waals surface area contributed by atoms with Crippen molar-refractivity contribution in [2.75, 3.05) is 11.1 Å². The molecular formula is C20H22N2O4S. The zero-order valence-electron chi connectivity index (χ0n) is 15.4. The minimum atomic E-state index is -0.937. The highest BCUT2D eigenvalue weighted by Crippen LogP contribution is 2.23. The summed E-state index contributed by atoms with van der Waals surface area (Å²) in [5.74, 6) is -1.34. The Morgan fingerprint density at radius 3 is 2.41 bits per heavy atom. The van der Waals surface area contributed by atoms with Gasteiger partial charge >= 0.3 is 5.97 Å². The maximum Gasteiger partial charge on any atom is 0.317 e. The van der Waals surface area contributed by atoms with Gasteiger partial charge in [-0.15, -0.1) is 11.8 Å². The van der Waals surface area contributed by atoms with E-state index in [0.29, 0.717) is 11.3 Å². The number of rotatable bonds is 7. The molecule has 0 saturated carbocycles. The molecule has 142 valence electrons. The Morgan fingerprint density at radius 2 is 1.78 bits per heavy atom. The minimum Gasteiger partial charge on any atom is -0.452 e. The van der Waals surface area contributed by atoms with Gasteiger partial charge in [0.15, 0.2) is 6.10 Å². The van der Waals surface area contributed by atoms with Gasteiger partial charge in [0.25, 0.3) is 5.91 Å². The van der Waals surface area contributed by atoms with Crippen molar-refractivity contribution in [2.24, 2.45) is 5.73 Å². The average molecular weight is 386 g/mol. The molecule has 0 radical (unpaired) electrons. The van der Waals surface area contributed by atoms with Gasteiger partial charge in [0.2, 0.25) is 5.91 Å². The molecular weight excluding hydrogens is 364 g/mol. The van der Waals surface area contributed by atoms with Crippen molar-refractivity contribution < 1.29 is 19.1 Å². The number of amides is 2. The van der Waals surface area contributed by atoms with Crippen LogP contribution in [0.15, 0.2) is 47.4 Å². The van der Waals surface area contributed by atoms with Gasteiger partial charge < -0.3 is 15.8 Å². The summed E-state index contributed by atoms with van der Waals surface area (Å²) in [6, 6.07) is 12.2. The molecule has 2 aromatic rings. The van der Waals surface area contributed by atoms with Gasteiger partial charge in [0.05, 0.1) is 5.75 Å². The predicted molar refractivity (Wildman–Crippen MR) is 106 cm³/mol. The van der Waals surface area contributed by atoms with Crippen molar-refractivity contribution in [3.05, 3.63) is 59.2 Å². The van der Waals surface area contributed by atoms with E-state index in [0.717, 1.165) is 16.0 Å².